The van der Waals surface area contributed by atoms with Crippen molar-refractivity contribution in [3.63, 3.8) is 0 Å². The molecule has 26 heavy (non-hydrogen) atoms. The van der Waals surface area contributed by atoms with Crippen LogP contribution < -0.4 is 4.90 Å². The van der Waals surface area contributed by atoms with E-state index in [1.807, 2.05) is 16.5 Å². The van der Waals surface area contributed by atoms with Gasteiger partial charge in [-0.25, -0.2) is 4.98 Å². The average molecular weight is 377 g/mol. The van der Waals surface area contributed by atoms with Crippen LogP contribution in [0.1, 0.15) is 46.0 Å². The van der Waals surface area contributed by atoms with Crippen molar-refractivity contribution in [1.29, 1.82) is 0 Å². The summed E-state index contributed by atoms with van der Waals surface area (Å²) in [6.45, 7) is 7.70. The molecule has 6 nitrogen and oxygen atoms in total. The number of oxime groups is 1. The van der Waals surface area contributed by atoms with E-state index in [9.17, 15) is 4.79 Å². The minimum atomic E-state index is -0.209. The molecule has 2 fully saturated rings. The van der Waals surface area contributed by atoms with Crippen LogP contribution in [0.15, 0.2) is 16.7 Å². The maximum absolute atomic E-state index is 12.9. The highest BCUT2D eigenvalue weighted by molar-refractivity contribution is 7.13. The molecule has 4 rings (SSSR count). The Labute approximate surface area is 159 Å². The molecule has 0 atom stereocenters. The van der Waals surface area contributed by atoms with Crippen LogP contribution >= 0.6 is 11.3 Å². The first kappa shape index (κ1) is 17.8. The van der Waals surface area contributed by atoms with Gasteiger partial charge in [0.25, 0.3) is 5.91 Å². The maximum atomic E-state index is 12.9. The fourth-order valence-electron chi connectivity index (χ4n) is 4.39. The standard InChI is InChI=1S/C19H28N4O2S/c1-14(2)15-3-5-19(6-4-15)13-16(21-25-19)17(24)22-8-10-23(11-9-22)18-20-7-12-26-18/h7,12,14-15H,3-6,8-11,13H2,1-2H3. The first-order valence-electron chi connectivity index (χ1n) is 9.75. The predicted octanol–water partition coefficient (Wildman–Crippen LogP) is 3.15. The highest BCUT2D eigenvalue weighted by Crippen LogP contribution is 2.42. The Morgan fingerprint density at radius 1 is 1.27 bits per heavy atom. The second-order valence-corrected chi connectivity index (χ2v) is 9.04. The summed E-state index contributed by atoms with van der Waals surface area (Å²) in [4.78, 5) is 27.2. The van der Waals surface area contributed by atoms with Crippen molar-refractivity contribution in [2.75, 3.05) is 31.1 Å². The smallest absolute Gasteiger partial charge is 0.271 e. The monoisotopic (exact) mass is 376 g/mol. The van der Waals surface area contributed by atoms with Gasteiger partial charge >= 0.3 is 0 Å². The third-order valence-electron chi connectivity index (χ3n) is 6.23. The number of hydrogen-bond donors (Lipinski definition) is 0. The molecule has 1 spiro atoms. The molecular weight excluding hydrogens is 348 g/mol. The summed E-state index contributed by atoms with van der Waals surface area (Å²) < 4.78 is 0. The number of hydrogen-bond acceptors (Lipinski definition) is 6. The first-order valence-corrected chi connectivity index (χ1v) is 10.6. The van der Waals surface area contributed by atoms with Crippen LogP contribution in [0.2, 0.25) is 0 Å². The van der Waals surface area contributed by atoms with Gasteiger partial charge in [-0.15, -0.1) is 11.3 Å². The average Bonchev–Trinajstić information content (AvgIpc) is 3.32. The summed E-state index contributed by atoms with van der Waals surface area (Å²) in [7, 11) is 0. The Balaban J connectivity index is 1.30. The molecule has 0 N–H and O–H groups in total. The van der Waals surface area contributed by atoms with Gasteiger partial charge in [0.1, 0.15) is 11.3 Å². The van der Waals surface area contributed by atoms with Gasteiger partial charge in [0, 0.05) is 44.2 Å². The molecule has 0 bridgehead atoms. The van der Waals surface area contributed by atoms with Gasteiger partial charge in [-0.05, 0) is 37.5 Å². The topological polar surface area (TPSA) is 58.0 Å². The van der Waals surface area contributed by atoms with Crippen molar-refractivity contribution in [2.24, 2.45) is 17.0 Å². The molecule has 1 amide bonds. The highest BCUT2D eigenvalue weighted by Gasteiger charge is 2.45. The number of amides is 1. The van der Waals surface area contributed by atoms with Crippen molar-refractivity contribution in [1.82, 2.24) is 9.88 Å². The van der Waals surface area contributed by atoms with Crippen molar-refractivity contribution < 1.29 is 9.63 Å². The number of aromatic nitrogens is 1. The molecule has 7 heteroatoms. The minimum Gasteiger partial charge on any atom is -0.388 e. The number of nitrogens with zero attached hydrogens (tertiary/aromatic N) is 4. The second kappa shape index (κ2) is 7.18. The SMILES string of the molecule is CC(C)C1CCC2(CC1)CC(C(=O)N1CCN(c3nccs3)CC1)=NO2. The number of thiazole rings is 1. The lowest BCUT2D eigenvalue weighted by Crippen LogP contribution is -2.51. The van der Waals surface area contributed by atoms with Crippen LogP contribution in [0, 0.1) is 11.8 Å². The van der Waals surface area contributed by atoms with Crippen LogP contribution in [0.25, 0.3) is 0 Å². The van der Waals surface area contributed by atoms with Crippen molar-refractivity contribution in [3.05, 3.63) is 11.6 Å². The highest BCUT2D eigenvalue weighted by atomic mass is 32.1. The Morgan fingerprint density at radius 2 is 2.00 bits per heavy atom. The van der Waals surface area contributed by atoms with Crippen molar-refractivity contribution in [3.8, 4) is 0 Å². The van der Waals surface area contributed by atoms with Crippen LogP contribution in [-0.2, 0) is 9.63 Å². The van der Waals surface area contributed by atoms with Gasteiger partial charge < -0.3 is 14.6 Å². The number of anilines is 1. The van der Waals surface area contributed by atoms with Crippen LogP contribution in [-0.4, -0.2) is 53.3 Å². The summed E-state index contributed by atoms with van der Waals surface area (Å²) in [6.07, 6.45) is 6.92. The van der Waals surface area contributed by atoms with Crippen LogP contribution in [0.5, 0.6) is 0 Å². The maximum Gasteiger partial charge on any atom is 0.271 e. The second-order valence-electron chi connectivity index (χ2n) is 8.16. The van der Waals surface area contributed by atoms with Gasteiger partial charge in [-0.1, -0.05) is 19.0 Å². The predicted molar refractivity (Wildman–Crippen MR) is 104 cm³/mol. The molecule has 1 aliphatic carbocycles. The fraction of sp³-hybridized carbons (Fsp3) is 0.737. The third-order valence-corrected chi connectivity index (χ3v) is 7.06. The van der Waals surface area contributed by atoms with Crippen molar-refractivity contribution >= 4 is 28.1 Å². The normalized spacial score (nSPS) is 29.2. The Kier molecular flexibility index (Phi) is 4.90. The summed E-state index contributed by atoms with van der Waals surface area (Å²) in [6, 6.07) is 0. The van der Waals surface area contributed by atoms with Gasteiger partial charge in [-0.2, -0.15) is 0 Å². The van der Waals surface area contributed by atoms with E-state index in [1.54, 1.807) is 11.3 Å². The van der Waals surface area contributed by atoms with Crippen molar-refractivity contribution in [2.45, 2.75) is 51.6 Å². The Bertz CT molecular complexity index is 657. The molecular formula is C19H28N4O2S. The van der Waals surface area contributed by atoms with E-state index in [0.717, 1.165) is 56.0 Å². The van der Waals surface area contributed by atoms with Crippen LogP contribution in [0.3, 0.4) is 0 Å². The quantitative estimate of drug-likeness (QED) is 0.813. The Hall–Kier alpha value is -1.63. The zero-order valence-corrected chi connectivity index (χ0v) is 16.5. The molecule has 0 unspecified atom stereocenters. The first-order chi connectivity index (χ1) is 12.6. The molecule has 0 radical (unpaired) electrons. The van der Waals surface area contributed by atoms with Gasteiger partial charge in [0.2, 0.25) is 0 Å². The number of piperazine rings is 1. The molecule has 1 saturated heterocycles. The molecule has 2 aliphatic heterocycles. The molecule has 3 heterocycles. The Morgan fingerprint density at radius 3 is 2.62 bits per heavy atom. The number of carbonyl (C=O) groups is 1. The largest absolute Gasteiger partial charge is 0.388 e. The molecule has 1 saturated carbocycles. The van der Waals surface area contributed by atoms with E-state index in [2.05, 4.69) is 28.9 Å². The zero-order chi connectivity index (χ0) is 18.1. The van der Waals surface area contributed by atoms with Gasteiger partial charge in [-0.3, -0.25) is 4.79 Å². The number of carbonyl (C=O) groups excluding carboxylic acids is 1. The van der Waals surface area contributed by atoms with E-state index in [-0.39, 0.29) is 11.5 Å². The molecule has 1 aromatic rings. The van der Waals surface area contributed by atoms with Crippen LogP contribution in [0.4, 0.5) is 5.13 Å². The van der Waals surface area contributed by atoms with E-state index in [1.165, 1.54) is 12.8 Å². The summed E-state index contributed by atoms with van der Waals surface area (Å²) in [5, 5.41) is 7.26. The fourth-order valence-corrected chi connectivity index (χ4v) is 5.09. The third kappa shape index (κ3) is 3.46. The van der Waals surface area contributed by atoms with E-state index < -0.39 is 0 Å². The van der Waals surface area contributed by atoms with E-state index in [0.29, 0.717) is 12.1 Å². The lowest BCUT2D eigenvalue weighted by Gasteiger charge is -2.37. The zero-order valence-electron chi connectivity index (χ0n) is 15.7. The summed E-state index contributed by atoms with van der Waals surface area (Å²) in [5.74, 6) is 1.57. The number of rotatable bonds is 3. The van der Waals surface area contributed by atoms with E-state index >= 15 is 0 Å². The summed E-state index contributed by atoms with van der Waals surface area (Å²) in [5.41, 5.74) is 0.412. The lowest BCUT2D eigenvalue weighted by atomic mass is 9.73. The molecule has 3 aliphatic rings. The van der Waals surface area contributed by atoms with Gasteiger partial charge in [0.15, 0.2) is 5.13 Å². The van der Waals surface area contributed by atoms with E-state index in [4.69, 9.17) is 4.84 Å². The lowest BCUT2D eigenvalue weighted by molar-refractivity contribution is -0.124. The molecule has 0 aromatic carbocycles. The minimum absolute atomic E-state index is 0.0617. The van der Waals surface area contributed by atoms with Gasteiger partial charge in [0.05, 0.1) is 0 Å². The summed E-state index contributed by atoms with van der Waals surface area (Å²) >= 11 is 1.65. The molecule has 1 aromatic heterocycles. The molecule has 142 valence electrons.